The van der Waals surface area contributed by atoms with Crippen molar-refractivity contribution in [2.75, 3.05) is 0 Å². The smallest absolute Gasteiger partial charge is 0.0351 e. The third-order valence-electron chi connectivity index (χ3n) is 1.21. The number of unbranched alkanes of at least 4 members (excludes halogenated alkanes) is 3. The highest BCUT2D eigenvalue weighted by Gasteiger charge is 1.78. The molecule has 0 N–H and O–H groups in total. The van der Waals surface area contributed by atoms with Gasteiger partial charge in [0.1, 0.15) is 0 Å². The Morgan fingerprint density at radius 3 is 1.75 bits per heavy atom. The van der Waals surface area contributed by atoms with Gasteiger partial charge < -0.3 is 0 Å². The fourth-order valence-corrected chi connectivity index (χ4v) is 0.679. The van der Waals surface area contributed by atoms with Crippen LogP contribution in [0.3, 0.4) is 0 Å². The minimum Gasteiger partial charge on any atom is -0.0917 e. The van der Waals surface area contributed by atoms with Gasteiger partial charge in [-0.25, -0.2) is 0 Å². The van der Waals surface area contributed by atoms with Gasteiger partial charge in [0.2, 0.25) is 0 Å². The predicted octanol–water partition coefficient (Wildman–Crippen LogP) is 5.20. The van der Waals surface area contributed by atoms with Gasteiger partial charge in [0.25, 0.3) is 0 Å². The zero-order valence-electron chi connectivity index (χ0n) is 9.98. The number of hydrogen-bond donors (Lipinski definition) is 0. The largest absolute Gasteiger partial charge is 0.0917 e. The highest BCUT2D eigenvalue weighted by molar-refractivity contribution is 4.75. The SMILES string of the molecule is C/C=C/CCCCC.CC.CC. The van der Waals surface area contributed by atoms with E-state index in [0.29, 0.717) is 0 Å². The van der Waals surface area contributed by atoms with E-state index in [9.17, 15) is 0 Å². The van der Waals surface area contributed by atoms with Crippen LogP contribution in [0.4, 0.5) is 0 Å². The third-order valence-corrected chi connectivity index (χ3v) is 1.21. The van der Waals surface area contributed by atoms with E-state index >= 15 is 0 Å². The summed E-state index contributed by atoms with van der Waals surface area (Å²) in [5.74, 6) is 0. The summed E-state index contributed by atoms with van der Waals surface area (Å²) in [4.78, 5) is 0. The first-order valence-corrected chi connectivity index (χ1v) is 5.53. The number of rotatable bonds is 4. The Balaban J connectivity index is -0.000000175. The van der Waals surface area contributed by atoms with Crippen molar-refractivity contribution in [2.45, 2.75) is 67.2 Å². The summed E-state index contributed by atoms with van der Waals surface area (Å²) in [7, 11) is 0. The van der Waals surface area contributed by atoms with Crippen LogP contribution in [0, 0.1) is 0 Å². The van der Waals surface area contributed by atoms with Crippen LogP contribution >= 0.6 is 0 Å². The summed E-state index contributed by atoms with van der Waals surface area (Å²) < 4.78 is 0. The first-order valence-electron chi connectivity index (χ1n) is 5.53. The monoisotopic (exact) mass is 172 g/mol. The molecule has 0 aliphatic heterocycles. The Kier molecular flexibility index (Phi) is 45.7. The average Bonchev–Trinajstić information content (AvgIpc) is 2.19. The van der Waals surface area contributed by atoms with E-state index < -0.39 is 0 Å². The Morgan fingerprint density at radius 1 is 0.917 bits per heavy atom. The summed E-state index contributed by atoms with van der Waals surface area (Å²) in [6.45, 7) is 12.3. The summed E-state index contributed by atoms with van der Waals surface area (Å²) in [6, 6.07) is 0. The zero-order valence-corrected chi connectivity index (χ0v) is 9.98. The topological polar surface area (TPSA) is 0 Å². The fourth-order valence-electron chi connectivity index (χ4n) is 0.679. The molecule has 0 aromatic carbocycles. The second-order valence-electron chi connectivity index (χ2n) is 2.06. The van der Waals surface area contributed by atoms with E-state index in [2.05, 4.69) is 26.0 Å². The molecule has 0 heteroatoms. The third kappa shape index (κ3) is 33.1. The Hall–Kier alpha value is -0.260. The van der Waals surface area contributed by atoms with Gasteiger partial charge in [0, 0.05) is 0 Å². The fraction of sp³-hybridized carbons (Fsp3) is 0.833. The van der Waals surface area contributed by atoms with Gasteiger partial charge in [-0.15, -0.1) is 0 Å². The molecule has 0 aliphatic rings. The molecule has 0 aliphatic carbocycles. The molecule has 76 valence electrons. The Labute approximate surface area is 80.1 Å². The van der Waals surface area contributed by atoms with Crippen molar-refractivity contribution in [3.8, 4) is 0 Å². The van der Waals surface area contributed by atoms with Crippen LogP contribution in [0.25, 0.3) is 0 Å². The summed E-state index contributed by atoms with van der Waals surface area (Å²) >= 11 is 0. The Morgan fingerprint density at radius 2 is 1.42 bits per heavy atom. The van der Waals surface area contributed by atoms with Crippen LogP contribution in [-0.4, -0.2) is 0 Å². The van der Waals surface area contributed by atoms with Crippen LogP contribution in [0.1, 0.15) is 67.2 Å². The van der Waals surface area contributed by atoms with Gasteiger partial charge in [-0.2, -0.15) is 0 Å². The van der Waals surface area contributed by atoms with E-state index in [4.69, 9.17) is 0 Å². The van der Waals surface area contributed by atoms with E-state index in [0.717, 1.165) is 0 Å². The van der Waals surface area contributed by atoms with Crippen molar-refractivity contribution in [3.05, 3.63) is 12.2 Å². The molecule has 0 saturated carbocycles. The van der Waals surface area contributed by atoms with Crippen molar-refractivity contribution in [1.82, 2.24) is 0 Å². The van der Waals surface area contributed by atoms with Crippen molar-refractivity contribution in [3.63, 3.8) is 0 Å². The van der Waals surface area contributed by atoms with E-state index in [1.165, 1.54) is 25.7 Å². The zero-order chi connectivity index (χ0) is 10.2. The highest BCUT2D eigenvalue weighted by atomic mass is 13.8. The molecule has 12 heavy (non-hydrogen) atoms. The molecule has 0 aromatic heterocycles. The molecule has 0 aromatic rings. The van der Waals surface area contributed by atoms with E-state index in [1.807, 2.05) is 27.7 Å². The molecule has 0 nitrogen and oxygen atoms in total. The maximum Gasteiger partial charge on any atom is -0.0351 e. The highest BCUT2D eigenvalue weighted by Crippen LogP contribution is 1.98. The van der Waals surface area contributed by atoms with Crippen molar-refractivity contribution in [1.29, 1.82) is 0 Å². The normalized spacial score (nSPS) is 8.17. The van der Waals surface area contributed by atoms with Gasteiger partial charge >= 0.3 is 0 Å². The lowest BCUT2D eigenvalue weighted by molar-refractivity contribution is 0.729. The molecule has 0 rings (SSSR count). The molecule has 0 heterocycles. The predicted molar refractivity (Wildman–Crippen MR) is 61.7 cm³/mol. The summed E-state index contributed by atoms with van der Waals surface area (Å²) in [5, 5.41) is 0. The first-order chi connectivity index (χ1) is 5.91. The second-order valence-corrected chi connectivity index (χ2v) is 2.06. The van der Waals surface area contributed by atoms with Crippen LogP contribution in [0.5, 0.6) is 0 Å². The van der Waals surface area contributed by atoms with Gasteiger partial charge in [-0.3, -0.25) is 0 Å². The lowest BCUT2D eigenvalue weighted by Gasteiger charge is -1.88. The number of allylic oxidation sites excluding steroid dienone is 2. The van der Waals surface area contributed by atoms with Gasteiger partial charge in [-0.05, 0) is 19.8 Å². The van der Waals surface area contributed by atoms with E-state index in [-0.39, 0.29) is 0 Å². The molecule has 0 atom stereocenters. The lowest BCUT2D eigenvalue weighted by Crippen LogP contribution is -1.68. The standard InChI is InChI=1S/C8H16.2C2H6/c1-3-5-7-8-6-4-2;2*1-2/h3,5H,4,6-8H2,1-2H3;2*1-2H3/b5-3+;;. The summed E-state index contributed by atoms with van der Waals surface area (Å²) in [6.07, 6.45) is 9.69. The van der Waals surface area contributed by atoms with Crippen molar-refractivity contribution in [2.24, 2.45) is 0 Å². The summed E-state index contributed by atoms with van der Waals surface area (Å²) in [5.41, 5.74) is 0. The molecule has 0 radical (unpaired) electrons. The van der Waals surface area contributed by atoms with Gasteiger partial charge in [0.05, 0.1) is 0 Å². The van der Waals surface area contributed by atoms with Crippen LogP contribution in [0.2, 0.25) is 0 Å². The van der Waals surface area contributed by atoms with Crippen LogP contribution in [-0.2, 0) is 0 Å². The van der Waals surface area contributed by atoms with Gasteiger partial charge in [-0.1, -0.05) is 59.6 Å². The quantitative estimate of drug-likeness (QED) is 0.404. The molecule has 0 saturated heterocycles. The van der Waals surface area contributed by atoms with Crippen molar-refractivity contribution < 1.29 is 0 Å². The minimum atomic E-state index is 1.27. The molecule has 0 amide bonds. The van der Waals surface area contributed by atoms with Crippen LogP contribution in [0.15, 0.2) is 12.2 Å². The molecule has 0 spiro atoms. The lowest BCUT2D eigenvalue weighted by atomic mass is 10.2. The minimum absolute atomic E-state index is 1.27. The van der Waals surface area contributed by atoms with Crippen molar-refractivity contribution >= 4 is 0 Å². The van der Waals surface area contributed by atoms with E-state index in [1.54, 1.807) is 0 Å². The molecule has 0 fully saturated rings. The average molecular weight is 172 g/mol. The molecule has 0 unspecified atom stereocenters. The van der Waals surface area contributed by atoms with Crippen LogP contribution < -0.4 is 0 Å². The molecule has 0 bridgehead atoms. The van der Waals surface area contributed by atoms with Gasteiger partial charge in [0.15, 0.2) is 0 Å². The molecular weight excluding hydrogens is 144 g/mol. The first kappa shape index (κ1) is 17.7. The maximum absolute atomic E-state index is 2.23. The Bertz CT molecular complexity index is 53.1. The second kappa shape index (κ2) is 30.9. The number of hydrogen-bond acceptors (Lipinski definition) is 0. The maximum atomic E-state index is 2.23. The molecular formula is C12H28.